The van der Waals surface area contributed by atoms with Crippen LogP contribution in [-0.2, 0) is 4.79 Å². The van der Waals surface area contributed by atoms with Gasteiger partial charge in [-0.1, -0.05) is 32.0 Å². The highest BCUT2D eigenvalue weighted by molar-refractivity contribution is 5.73. The fourth-order valence-electron chi connectivity index (χ4n) is 2.01. The van der Waals surface area contributed by atoms with Crippen LogP contribution in [0.2, 0.25) is 0 Å². The summed E-state index contributed by atoms with van der Waals surface area (Å²) in [6, 6.07) is 6.89. The van der Waals surface area contributed by atoms with Crippen LogP contribution >= 0.6 is 0 Å². The summed E-state index contributed by atoms with van der Waals surface area (Å²) in [6.07, 6.45) is 0.259. The van der Waals surface area contributed by atoms with Crippen molar-refractivity contribution in [3.05, 3.63) is 29.8 Å². The molecule has 1 unspecified atom stereocenters. The monoisotopic (exact) mass is 265 g/mol. The van der Waals surface area contributed by atoms with Crippen LogP contribution in [0.15, 0.2) is 24.3 Å². The van der Waals surface area contributed by atoms with Crippen LogP contribution in [-0.4, -0.2) is 22.7 Å². The molecule has 1 atom stereocenters. The van der Waals surface area contributed by atoms with Crippen molar-refractivity contribution in [3.63, 3.8) is 0 Å². The fourth-order valence-corrected chi connectivity index (χ4v) is 2.01. The second-order valence-electron chi connectivity index (χ2n) is 5.70. The van der Waals surface area contributed by atoms with E-state index >= 15 is 0 Å². The molecule has 19 heavy (non-hydrogen) atoms. The average Bonchev–Trinajstić information content (AvgIpc) is 2.27. The molecule has 4 nitrogen and oxygen atoms in total. The highest BCUT2D eigenvalue weighted by Gasteiger charge is 2.27. The summed E-state index contributed by atoms with van der Waals surface area (Å²) in [5, 5.41) is 8.87. The number of benzene rings is 1. The van der Waals surface area contributed by atoms with E-state index in [4.69, 9.17) is 15.6 Å². The maximum Gasteiger partial charge on any atom is 0.320 e. The first-order valence-electron chi connectivity index (χ1n) is 6.49. The molecule has 0 aliphatic carbocycles. The van der Waals surface area contributed by atoms with Crippen molar-refractivity contribution in [2.75, 3.05) is 0 Å². The van der Waals surface area contributed by atoms with Gasteiger partial charge in [0.2, 0.25) is 0 Å². The minimum absolute atomic E-state index is 0.259. The van der Waals surface area contributed by atoms with Crippen molar-refractivity contribution in [3.8, 4) is 5.75 Å². The maximum absolute atomic E-state index is 10.8. The predicted octanol–water partition coefficient (Wildman–Crippen LogP) is 2.77. The second-order valence-corrected chi connectivity index (χ2v) is 5.70. The van der Waals surface area contributed by atoms with E-state index in [-0.39, 0.29) is 6.42 Å². The topological polar surface area (TPSA) is 72.5 Å². The summed E-state index contributed by atoms with van der Waals surface area (Å²) in [7, 11) is 0. The van der Waals surface area contributed by atoms with E-state index in [0.29, 0.717) is 5.92 Å². The van der Waals surface area contributed by atoms with Gasteiger partial charge in [0.1, 0.15) is 17.4 Å². The number of hydrogen-bond donors (Lipinski definition) is 2. The third kappa shape index (κ3) is 4.56. The normalized spacial score (nSPS) is 13.4. The van der Waals surface area contributed by atoms with E-state index in [9.17, 15) is 4.79 Å². The summed E-state index contributed by atoms with van der Waals surface area (Å²) in [6.45, 7) is 7.90. The molecule has 1 rings (SSSR count). The molecule has 0 bridgehead atoms. The SMILES string of the molecule is CC(C)c1ccccc1OC(C)(C)CC(N)C(=O)O. The first-order valence-corrected chi connectivity index (χ1v) is 6.49. The van der Waals surface area contributed by atoms with Gasteiger partial charge in [0, 0.05) is 6.42 Å². The largest absolute Gasteiger partial charge is 0.487 e. The molecule has 0 fully saturated rings. The molecule has 0 aromatic heterocycles. The Hall–Kier alpha value is -1.55. The van der Waals surface area contributed by atoms with E-state index in [1.165, 1.54) is 0 Å². The quantitative estimate of drug-likeness (QED) is 0.829. The molecule has 0 saturated heterocycles. The number of aliphatic carboxylic acids is 1. The Labute approximate surface area is 114 Å². The third-order valence-corrected chi connectivity index (χ3v) is 2.96. The lowest BCUT2D eigenvalue weighted by atomic mass is 9.98. The van der Waals surface area contributed by atoms with Gasteiger partial charge in [-0.05, 0) is 31.4 Å². The number of carbonyl (C=O) groups is 1. The van der Waals surface area contributed by atoms with E-state index in [1.807, 2.05) is 38.1 Å². The number of ether oxygens (including phenoxy) is 1. The number of carboxylic acids is 1. The molecule has 4 heteroatoms. The van der Waals surface area contributed by atoms with Gasteiger partial charge in [-0.25, -0.2) is 0 Å². The molecule has 3 N–H and O–H groups in total. The van der Waals surface area contributed by atoms with Crippen LogP contribution in [0.1, 0.15) is 45.6 Å². The van der Waals surface area contributed by atoms with Crippen LogP contribution in [0.5, 0.6) is 5.75 Å². The summed E-state index contributed by atoms with van der Waals surface area (Å²) in [5.41, 5.74) is 6.06. The molecule has 0 aliphatic rings. The standard InChI is InChI=1S/C15H23NO3/c1-10(2)11-7-5-6-8-13(11)19-15(3,4)9-12(16)14(17)18/h5-8,10,12H,9,16H2,1-4H3,(H,17,18). The van der Waals surface area contributed by atoms with E-state index in [0.717, 1.165) is 11.3 Å². The van der Waals surface area contributed by atoms with Crippen LogP contribution in [0, 0.1) is 0 Å². The Kier molecular flexibility index (Phi) is 4.95. The summed E-state index contributed by atoms with van der Waals surface area (Å²) in [4.78, 5) is 10.8. The molecule has 106 valence electrons. The molecule has 1 aromatic carbocycles. The van der Waals surface area contributed by atoms with Crippen LogP contribution in [0.25, 0.3) is 0 Å². The number of hydrogen-bond acceptors (Lipinski definition) is 3. The Bertz CT molecular complexity index is 441. The summed E-state index contributed by atoms with van der Waals surface area (Å²) in [5.74, 6) is 0.133. The molecule has 0 heterocycles. The van der Waals surface area contributed by atoms with E-state index in [2.05, 4.69) is 13.8 Å². The zero-order chi connectivity index (χ0) is 14.6. The lowest BCUT2D eigenvalue weighted by Crippen LogP contribution is -2.41. The number of para-hydroxylation sites is 1. The van der Waals surface area contributed by atoms with Crippen LogP contribution < -0.4 is 10.5 Å². The fraction of sp³-hybridized carbons (Fsp3) is 0.533. The van der Waals surface area contributed by atoms with Gasteiger partial charge in [-0.15, -0.1) is 0 Å². The molecule has 0 radical (unpaired) electrons. The third-order valence-electron chi connectivity index (χ3n) is 2.96. The lowest BCUT2D eigenvalue weighted by molar-refractivity contribution is -0.139. The first kappa shape index (κ1) is 15.5. The van der Waals surface area contributed by atoms with Crippen molar-refractivity contribution < 1.29 is 14.6 Å². The van der Waals surface area contributed by atoms with Crippen molar-refractivity contribution in [1.29, 1.82) is 0 Å². The lowest BCUT2D eigenvalue weighted by Gasteiger charge is -2.29. The molecule has 1 aromatic rings. The zero-order valence-corrected chi connectivity index (χ0v) is 12.0. The van der Waals surface area contributed by atoms with Gasteiger partial charge >= 0.3 is 5.97 Å². The zero-order valence-electron chi connectivity index (χ0n) is 12.0. The highest BCUT2D eigenvalue weighted by atomic mass is 16.5. The van der Waals surface area contributed by atoms with E-state index < -0.39 is 17.6 Å². The van der Waals surface area contributed by atoms with Crippen molar-refractivity contribution in [2.45, 2.75) is 51.7 Å². The number of rotatable bonds is 6. The molecular formula is C15H23NO3. The van der Waals surface area contributed by atoms with Gasteiger partial charge in [0.15, 0.2) is 0 Å². The minimum Gasteiger partial charge on any atom is -0.487 e. The average molecular weight is 265 g/mol. The van der Waals surface area contributed by atoms with Crippen molar-refractivity contribution >= 4 is 5.97 Å². The van der Waals surface area contributed by atoms with Crippen LogP contribution in [0.4, 0.5) is 0 Å². The molecule has 0 spiro atoms. The van der Waals surface area contributed by atoms with E-state index in [1.54, 1.807) is 0 Å². The van der Waals surface area contributed by atoms with Crippen LogP contribution in [0.3, 0.4) is 0 Å². The Morgan fingerprint density at radius 3 is 2.47 bits per heavy atom. The van der Waals surface area contributed by atoms with Crippen molar-refractivity contribution in [2.24, 2.45) is 5.73 Å². The second kappa shape index (κ2) is 6.06. The van der Waals surface area contributed by atoms with Gasteiger partial charge in [-0.2, -0.15) is 0 Å². The summed E-state index contributed by atoms with van der Waals surface area (Å²) >= 11 is 0. The Balaban J connectivity index is 2.86. The van der Waals surface area contributed by atoms with Gasteiger partial charge in [0.05, 0.1) is 0 Å². The van der Waals surface area contributed by atoms with Gasteiger partial charge in [0.25, 0.3) is 0 Å². The minimum atomic E-state index is -1.01. The maximum atomic E-state index is 10.8. The first-order chi connectivity index (χ1) is 8.73. The van der Waals surface area contributed by atoms with Gasteiger partial charge in [-0.3, -0.25) is 4.79 Å². The van der Waals surface area contributed by atoms with Crippen molar-refractivity contribution in [1.82, 2.24) is 0 Å². The summed E-state index contributed by atoms with van der Waals surface area (Å²) < 4.78 is 5.97. The predicted molar refractivity (Wildman–Crippen MR) is 75.5 cm³/mol. The molecular weight excluding hydrogens is 242 g/mol. The molecule has 0 aliphatic heterocycles. The Morgan fingerprint density at radius 2 is 1.95 bits per heavy atom. The molecule has 0 amide bonds. The smallest absolute Gasteiger partial charge is 0.320 e. The Morgan fingerprint density at radius 1 is 1.37 bits per heavy atom. The highest BCUT2D eigenvalue weighted by Crippen LogP contribution is 2.30. The molecule has 0 saturated carbocycles. The number of nitrogens with two attached hydrogens (primary N) is 1. The van der Waals surface area contributed by atoms with Gasteiger partial charge < -0.3 is 15.6 Å². The number of carboxylic acid groups (broad SMARTS) is 1.